The Hall–Kier alpha value is 0.623. The van der Waals surface area contributed by atoms with Crippen LogP contribution in [0.3, 0.4) is 0 Å². The summed E-state index contributed by atoms with van der Waals surface area (Å²) in [7, 11) is 0. The van der Waals surface area contributed by atoms with E-state index in [4.69, 9.17) is 0 Å². The Labute approximate surface area is 90.5 Å². The summed E-state index contributed by atoms with van der Waals surface area (Å²) in [6, 6.07) is 0. The molecule has 2 aliphatic carbocycles. The first-order valence-corrected chi connectivity index (χ1v) is 9.88. The number of hydrogen-bond donors (Lipinski definition) is 0. The van der Waals surface area contributed by atoms with Crippen LogP contribution in [0.25, 0.3) is 0 Å². The summed E-state index contributed by atoms with van der Waals surface area (Å²) in [4.78, 5) is 0. The van der Waals surface area contributed by atoms with Gasteiger partial charge in [0.15, 0.2) is 0 Å². The van der Waals surface area contributed by atoms with Crippen molar-refractivity contribution in [3.05, 3.63) is 0 Å². The van der Waals surface area contributed by atoms with Crippen LogP contribution in [0.1, 0.15) is 64.2 Å². The molecule has 0 spiro atoms. The molecule has 0 heterocycles. The van der Waals surface area contributed by atoms with Gasteiger partial charge in [-0.25, -0.2) is 0 Å². The summed E-state index contributed by atoms with van der Waals surface area (Å²) >= 11 is -0.123. The van der Waals surface area contributed by atoms with Gasteiger partial charge in [0.2, 0.25) is 0 Å². The normalized spacial score (nSPS) is 27.1. The van der Waals surface area contributed by atoms with Gasteiger partial charge in [-0.15, -0.1) is 0 Å². The molecule has 0 aromatic rings. The fourth-order valence-electron chi connectivity index (χ4n) is 3.32. The molecule has 2 rings (SSSR count). The van der Waals surface area contributed by atoms with Crippen molar-refractivity contribution < 1.29 is 17.1 Å². The third-order valence-corrected chi connectivity index (χ3v) is 10.3. The molecule has 0 aliphatic heterocycles. The standard InChI is InChI=1S/2C6H11.Zn/c2*1-2-4-6-5-3-1;/h2*1H,2-6H2;. The Morgan fingerprint density at radius 3 is 1.31 bits per heavy atom. The molecule has 2 saturated carbocycles. The first-order valence-electron chi connectivity index (χ1n) is 6.45. The zero-order chi connectivity index (χ0) is 8.93. The summed E-state index contributed by atoms with van der Waals surface area (Å²) < 4.78 is 2.62. The van der Waals surface area contributed by atoms with Gasteiger partial charge in [0.05, 0.1) is 0 Å². The molecule has 2 fully saturated rings. The third-order valence-electron chi connectivity index (χ3n) is 4.12. The predicted octanol–water partition coefficient (Wildman–Crippen LogP) is 4.57. The molecule has 0 atom stereocenters. The molecule has 0 aromatic carbocycles. The first-order chi connectivity index (χ1) is 6.45. The zero-order valence-electron chi connectivity index (χ0n) is 8.93. The molecule has 0 N–H and O–H groups in total. The number of hydrogen-bond acceptors (Lipinski definition) is 0. The van der Waals surface area contributed by atoms with Gasteiger partial charge in [0.1, 0.15) is 0 Å². The van der Waals surface area contributed by atoms with Gasteiger partial charge in [-0.1, -0.05) is 0 Å². The van der Waals surface area contributed by atoms with Crippen molar-refractivity contribution in [3.63, 3.8) is 0 Å². The van der Waals surface area contributed by atoms with Crippen LogP contribution in [0.4, 0.5) is 0 Å². The van der Waals surface area contributed by atoms with Crippen LogP contribution in [0.15, 0.2) is 0 Å². The average Bonchev–Trinajstić information content (AvgIpc) is 2.21. The van der Waals surface area contributed by atoms with E-state index in [0.29, 0.717) is 0 Å². The van der Waals surface area contributed by atoms with E-state index >= 15 is 0 Å². The van der Waals surface area contributed by atoms with E-state index in [2.05, 4.69) is 0 Å². The van der Waals surface area contributed by atoms with Crippen molar-refractivity contribution in [2.24, 2.45) is 0 Å². The van der Waals surface area contributed by atoms with Crippen LogP contribution >= 0.6 is 0 Å². The van der Waals surface area contributed by atoms with Crippen LogP contribution in [-0.4, -0.2) is 0 Å². The maximum absolute atomic E-state index is 1.64. The number of rotatable bonds is 2. The predicted molar refractivity (Wildman–Crippen MR) is 53.7 cm³/mol. The molecule has 0 bridgehead atoms. The second kappa shape index (κ2) is 5.49. The molecular formula is C12H22Zn. The summed E-state index contributed by atoms with van der Waals surface area (Å²) in [6.45, 7) is 0. The Morgan fingerprint density at radius 2 is 0.923 bits per heavy atom. The van der Waals surface area contributed by atoms with Crippen LogP contribution < -0.4 is 0 Å². The topological polar surface area (TPSA) is 0 Å². The Morgan fingerprint density at radius 1 is 0.538 bits per heavy atom. The zero-order valence-corrected chi connectivity index (χ0v) is 11.9. The average molecular weight is 232 g/mol. The van der Waals surface area contributed by atoms with Crippen LogP contribution in [0.2, 0.25) is 9.02 Å². The summed E-state index contributed by atoms with van der Waals surface area (Å²) in [5.74, 6) is 0. The quantitative estimate of drug-likeness (QED) is 0.611. The molecule has 1 heteroatoms. The van der Waals surface area contributed by atoms with Crippen molar-refractivity contribution >= 4 is 0 Å². The molecule has 0 amide bonds. The van der Waals surface area contributed by atoms with Crippen molar-refractivity contribution in [2.45, 2.75) is 73.2 Å². The van der Waals surface area contributed by atoms with Gasteiger partial charge in [0.25, 0.3) is 0 Å². The van der Waals surface area contributed by atoms with Crippen LogP contribution in [0.5, 0.6) is 0 Å². The van der Waals surface area contributed by atoms with E-state index in [9.17, 15) is 0 Å². The second-order valence-electron chi connectivity index (χ2n) is 5.24. The van der Waals surface area contributed by atoms with Crippen molar-refractivity contribution in [1.29, 1.82) is 0 Å². The fourth-order valence-corrected chi connectivity index (χ4v) is 9.70. The molecule has 0 radical (unpaired) electrons. The van der Waals surface area contributed by atoms with Gasteiger partial charge in [0, 0.05) is 0 Å². The van der Waals surface area contributed by atoms with E-state index in [1.807, 2.05) is 0 Å². The molecule has 0 unspecified atom stereocenters. The minimum absolute atomic E-state index is 0.123. The molecule has 0 aromatic heterocycles. The van der Waals surface area contributed by atoms with E-state index < -0.39 is 0 Å². The SMILES string of the molecule is C1CC[CH]([Zn][CH]2CCCCC2)CC1. The molecule has 0 nitrogen and oxygen atoms in total. The van der Waals surface area contributed by atoms with Crippen molar-refractivity contribution in [1.82, 2.24) is 0 Å². The van der Waals surface area contributed by atoms with Crippen LogP contribution in [0, 0.1) is 0 Å². The summed E-state index contributed by atoms with van der Waals surface area (Å²) in [5.41, 5.74) is 0. The van der Waals surface area contributed by atoms with Gasteiger partial charge < -0.3 is 0 Å². The maximum atomic E-state index is 1.64. The summed E-state index contributed by atoms with van der Waals surface area (Å²) in [5, 5.41) is 0. The van der Waals surface area contributed by atoms with E-state index in [0.717, 1.165) is 0 Å². The Balaban J connectivity index is 1.69. The fraction of sp³-hybridized carbons (Fsp3) is 1.00. The van der Waals surface area contributed by atoms with Gasteiger partial charge >= 0.3 is 90.4 Å². The molecule has 0 saturated heterocycles. The molecule has 2 aliphatic rings. The Kier molecular flexibility index (Phi) is 4.29. The van der Waals surface area contributed by atoms with E-state index in [-0.39, 0.29) is 17.1 Å². The second-order valence-corrected chi connectivity index (χ2v) is 11.1. The van der Waals surface area contributed by atoms with Crippen molar-refractivity contribution in [2.75, 3.05) is 0 Å². The van der Waals surface area contributed by atoms with E-state index in [1.165, 1.54) is 9.02 Å². The monoisotopic (exact) mass is 230 g/mol. The van der Waals surface area contributed by atoms with Crippen LogP contribution in [-0.2, 0) is 17.1 Å². The van der Waals surface area contributed by atoms with E-state index in [1.54, 1.807) is 64.2 Å². The first kappa shape index (κ1) is 10.2. The van der Waals surface area contributed by atoms with Gasteiger partial charge in [-0.3, -0.25) is 0 Å². The van der Waals surface area contributed by atoms with Gasteiger partial charge in [-0.05, 0) is 0 Å². The molecule has 13 heavy (non-hydrogen) atoms. The Bertz CT molecular complexity index is 116. The summed E-state index contributed by atoms with van der Waals surface area (Å²) in [6.07, 6.45) is 15.9. The molecular weight excluding hydrogens is 210 g/mol. The third kappa shape index (κ3) is 3.35. The molecule has 72 valence electrons. The van der Waals surface area contributed by atoms with Crippen molar-refractivity contribution in [3.8, 4) is 0 Å². The minimum atomic E-state index is -0.123. The van der Waals surface area contributed by atoms with Gasteiger partial charge in [-0.2, -0.15) is 0 Å².